The van der Waals surface area contributed by atoms with E-state index in [1.165, 1.54) is 4.88 Å². The highest BCUT2D eigenvalue weighted by molar-refractivity contribution is 7.09. The summed E-state index contributed by atoms with van der Waals surface area (Å²) in [4.78, 5) is 24.0. The molecule has 0 aliphatic rings. The van der Waals surface area contributed by atoms with Gasteiger partial charge in [0.1, 0.15) is 12.1 Å². The maximum atomic E-state index is 12.2. The van der Waals surface area contributed by atoms with Gasteiger partial charge in [-0.05, 0) is 43.7 Å². The Labute approximate surface area is 169 Å². The summed E-state index contributed by atoms with van der Waals surface area (Å²) < 4.78 is 1.83. The van der Waals surface area contributed by atoms with Crippen LogP contribution in [0.4, 0.5) is 5.82 Å². The maximum absolute atomic E-state index is 12.2. The zero-order chi connectivity index (χ0) is 20.1. The average molecular weight is 399 g/mol. The molecule has 3 heterocycles. The van der Waals surface area contributed by atoms with Gasteiger partial charge in [-0.1, -0.05) is 6.07 Å². The lowest BCUT2D eigenvalue weighted by atomic mass is 10.1. The molecule has 148 valence electrons. The van der Waals surface area contributed by atoms with Crippen LogP contribution in [0.3, 0.4) is 0 Å². The number of aryl methyl sites for hydroxylation is 1. The van der Waals surface area contributed by atoms with Crippen molar-refractivity contribution in [2.24, 2.45) is 0 Å². The Morgan fingerprint density at radius 2 is 2.07 bits per heavy atom. The Hall–Kier alpha value is -2.74. The van der Waals surface area contributed by atoms with Gasteiger partial charge in [0.2, 0.25) is 5.91 Å². The highest BCUT2D eigenvalue weighted by Crippen LogP contribution is 2.20. The molecule has 0 saturated carbocycles. The van der Waals surface area contributed by atoms with E-state index in [0.29, 0.717) is 19.4 Å². The van der Waals surface area contributed by atoms with Crippen molar-refractivity contribution in [1.82, 2.24) is 25.1 Å². The SMILES string of the molecule is Cc1nn(-c2cc(N(C)C)ncn2)c(C)c1CCC(=O)NCCc1cccs1. The molecule has 1 N–H and O–H groups in total. The number of rotatable bonds is 8. The van der Waals surface area contributed by atoms with E-state index in [2.05, 4.69) is 31.8 Å². The van der Waals surface area contributed by atoms with E-state index in [1.807, 2.05) is 49.7 Å². The highest BCUT2D eigenvalue weighted by atomic mass is 32.1. The monoisotopic (exact) mass is 398 g/mol. The smallest absolute Gasteiger partial charge is 0.220 e. The molecule has 0 saturated heterocycles. The number of anilines is 1. The van der Waals surface area contributed by atoms with Crippen LogP contribution in [0.1, 0.15) is 28.2 Å². The molecule has 0 aliphatic carbocycles. The zero-order valence-electron chi connectivity index (χ0n) is 16.8. The third-order valence-electron chi connectivity index (χ3n) is 4.63. The second kappa shape index (κ2) is 8.97. The van der Waals surface area contributed by atoms with E-state index in [0.717, 1.165) is 35.0 Å². The molecule has 0 unspecified atom stereocenters. The number of aromatic nitrogens is 4. The van der Waals surface area contributed by atoms with Crippen LogP contribution in [-0.2, 0) is 17.6 Å². The minimum absolute atomic E-state index is 0.0695. The van der Waals surface area contributed by atoms with Gasteiger partial charge in [0.15, 0.2) is 5.82 Å². The second-order valence-electron chi connectivity index (χ2n) is 6.87. The standard InChI is InChI=1S/C20H26N6OS/c1-14-17(7-8-20(27)21-10-9-16-6-5-11-28-16)15(2)26(24-14)19-12-18(25(3)4)22-13-23-19/h5-6,11-13H,7-10H2,1-4H3,(H,21,27). The van der Waals surface area contributed by atoms with Gasteiger partial charge < -0.3 is 10.2 Å². The average Bonchev–Trinajstić information content (AvgIpc) is 3.28. The van der Waals surface area contributed by atoms with Crippen LogP contribution in [0.15, 0.2) is 29.9 Å². The van der Waals surface area contributed by atoms with Gasteiger partial charge in [-0.2, -0.15) is 5.10 Å². The van der Waals surface area contributed by atoms with Crippen LogP contribution in [0.5, 0.6) is 0 Å². The first-order valence-electron chi connectivity index (χ1n) is 9.29. The van der Waals surface area contributed by atoms with Crippen LogP contribution >= 0.6 is 11.3 Å². The summed E-state index contributed by atoms with van der Waals surface area (Å²) in [5.74, 6) is 1.62. The fourth-order valence-corrected chi connectivity index (χ4v) is 3.77. The Kier molecular flexibility index (Phi) is 6.41. The first-order chi connectivity index (χ1) is 13.5. The predicted molar refractivity (Wildman–Crippen MR) is 112 cm³/mol. The van der Waals surface area contributed by atoms with Gasteiger partial charge in [0.05, 0.1) is 5.69 Å². The van der Waals surface area contributed by atoms with Gasteiger partial charge in [0, 0.05) is 43.7 Å². The van der Waals surface area contributed by atoms with E-state index >= 15 is 0 Å². The molecular weight excluding hydrogens is 372 g/mol. The number of hydrogen-bond acceptors (Lipinski definition) is 6. The molecular formula is C20H26N6OS. The summed E-state index contributed by atoms with van der Waals surface area (Å²) in [6.07, 6.45) is 3.53. The van der Waals surface area contributed by atoms with Crippen molar-refractivity contribution in [2.45, 2.75) is 33.1 Å². The number of hydrogen-bond donors (Lipinski definition) is 1. The molecule has 0 fully saturated rings. The summed E-state index contributed by atoms with van der Waals surface area (Å²) in [5.41, 5.74) is 3.03. The Balaban J connectivity index is 1.62. The Morgan fingerprint density at radius 1 is 1.25 bits per heavy atom. The van der Waals surface area contributed by atoms with Crippen molar-refractivity contribution in [3.05, 3.63) is 51.7 Å². The second-order valence-corrected chi connectivity index (χ2v) is 7.90. The quantitative estimate of drug-likeness (QED) is 0.631. The molecule has 0 aromatic carbocycles. The van der Waals surface area contributed by atoms with Crippen molar-refractivity contribution in [2.75, 3.05) is 25.5 Å². The van der Waals surface area contributed by atoms with Crippen LogP contribution in [-0.4, -0.2) is 46.3 Å². The third-order valence-corrected chi connectivity index (χ3v) is 5.57. The number of thiophene rings is 1. The molecule has 7 nitrogen and oxygen atoms in total. The summed E-state index contributed by atoms with van der Waals surface area (Å²) in [5, 5.41) is 9.69. The molecule has 3 aromatic rings. The third kappa shape index (κ3) is 4.75. The largest absolute Gasteiger partial charge is 0.363 e. The molecule has 0 radical (unpaired) electrons. The normalized spacial score (nSPS) is 10.9. The van der Waals surface area contributed by atoms with Crippen molar-refractivity contribution in [3.8, 4) is 5.82 Å². The van der Waals surface area contributed by atoms with Gasteiger partial charge in [0.25, 0.3) is 0 Å². The molecule has 8 heteroatoms. The van der Waals surface area contributed by atoms with Crippen LogP contribution < -0.4 is 10.2 Å². The van der Waals surface area contributed by atoms with Crippen molar-refractivity contribution in [3.63, 3.8) is 0 Å². The summed E-state index contributed by atoms with van der Waals surface area (Å²) in [6.45, 7) is 4.66. The van der Waals surface area contributed by atoms with E-state index in [4.69, 9.17) is 0 Å². The summed E-state index contributed by atoms with van der Waals surface area (Å²) in [6, 6.07) is 6.03. The number of nitrogens with zero attached hydrogens (tertiary/aromatic N) is 5. The Bertz CT molecular complexity index is 932. The number of carbonyl (C=O) groups excluding carboxylic acids is 1. The highest BCUT2D eigenvalue weighted by Gasteiger charge is 2.15. The van der Waals surface area contributed by atoms with Crippen LogP contribution in [0.25, 0.3) is 5.82 Å². The van der Waals surface area contributed by atoms with Crippen molar-refractivity contribution in [1.29, 1.82) is 0 Å². The fourth-order valence-electron chi connectivity index (χ4n) is 3.06. The van der Waals surface area contributed by atoms with Gasteiger partial charge in [-0.15, -0.1) is 11.3 Å². The fraction of sp³-hybridized carbons (Fsp3) is 0.400. The van der Waals surface area contributed by atoms with Crippen LogP contribution in [0, 0.1) is 13.8 Å². The van der Waals surface area contributed by atoms with E-state index in [1.54, 1.807) is 17.7 Å². The number of nitrogens with one attached hydrogen (secondary N) is 1. The molecule has 1 amide bonds. The molecule has 28 heavy (non-hydrogen) atoms. The topological polar surface area (TPSA) is 75.9 Å². The van der Waals surface area contributed by atoms with Gasteiger partial charge in [-0.25, -0.2) is 14.6 Å². The minimum atomic E-state index is 0.0695. The number of carbonyl (C=O) groups is 1. The number of amides is 1. The van der Waals surface area contributed by atoms with Crippen molar-refractivity contribution < 1.29 is 4.79 Å². The first-order valence-corrected chi connectivity index (χ1v) is 10.2. The molecule has 3 aromatic heterocycles. The Morgan fingerprint density at radius 3 is 2.79 bits per heavy atom. The van der Waals surface area contributed by atoms with E-state index in [-0.39, 0.29) is 5.91 Å². The van der Waals surface area contributed by atoms with Gasteiger partial charge in [-0.3, -0.25) is 4.79 Å². The molecule has 0 spiro atoms. The molecule has 0 aliphatic heterocycles. The predicted octanol–water partition coefficient (Wildman–Crippen LogP) is 2.70. The minimum Gasteiger partial charge on any atom is -0.363 e. The first kappa shape index (κ1) is 20.0. The van der Waals surface area contributed by atoms with Crippen molar-refractivity contribution >= 4 is 23.1 Å². The maximum Gasteiger partial charge on any atom is 0.220 e. The lowest BCUT2D eigenvalue weighted by molar-refractivity contribution is -0.121. The van der Waals surface area contributed by atoms with E-state index in [9.17, 15) is 4.79 Å². The van der Waals surface area contributed by atoms with Crippen LogP contribution in [0.2, 0.25) is 0 Å². The van der Waals surface area contributed by atoms with Gasteiger partial charge >= 0.3 is 0 Å². The zero-order valence-corrected chi connectivity index (χ0v) is 17.6. The molecule has 3 rings (SSSR count). The lowest BCUT2D eigenvalue weighted by Crippen LogP contribution is -2.25. The molecule has 0 bridgehead atoms. The lowest BCUT2D eigenvalue weighted by Gasteiger charge is -2.12. The van der Waals surface area contributed by atoms with E-state index < -0.39 is 0 Å². The summed E-state index contributed by atoms with van der Waals surface area (Å²) in [7, 11) is 3.88. The molecule has 0 atom stereocenters. The summed E-state index contributed by atoms with van der Waals surface area (Å²) >= 11 is 1.72.